The number of fused-ring (bicyclic) bond motifs is 1. The molecular formula is C27H34ClN3O6. The standard InChI is InChI=1S/C27H33N3O6.ClH/c1-2-36-27(35)22(13-8-9-17-28-25(33)20-11-4-3-5-12-20)29-21-16-15-19-10-6-7-14-23(19)30(26(21)34)18-24(31)32;/h3-7,10-12,14,21-22,29H,2,8-9,13,15-18H2,1H3,(H,28,33)(H,31,32);1H/t21-,22-;/m0./s1. The SMILES string of the molecule is CCOC(=O)[C@H](CCCCNC(=O)c1ccccc1)N[C@H]1CCc2ccccc2N(CC(=O)O)C1=O.Cl. The van der Waals surface area contributed by atoms with Crippen LogP contribution in [-0.2, 0) is 25.5 Å². The highest BCUT2D eigenvalue weighted by Crippen LogP contribution is 2.27. The molecule has 9 nitrogen and oxygen atoms in total. The first kappa shape index (κ1) is 29.8. The van der Waals surface area contributed by atoms with E-state index in [-0.39, 0.29) is 30.8 Å². The number of anilines is 1. The predicted molar refractivity (Wildman–Crippen MR) is 142 cm³/mol. The van der Waals surface area contributed by atoms with Crippen LogP contribution in [0.25, 0.3) is 0 Å². The number of ether oxygens (including phenoxy) is 1. The van der Waals surface area contributed by atoms with Crippen molar-refractivity contribution >= 4 is 41.8 Å². The van der Waals surface area contributed by atoms with Gasteiger partial charge in [0.05, 0.1) is 12.6 Å². The van der Waals surface area contributed by atoms with Crippen LogP contribution in [0.4, 0.5) is 5.69 Å². The van der Waals surface area contributed by atoms with Gasteiger partial charge in [-0.25, -0.2) is 0 Å². The minimum absolute atomic E-state index is 0. The number of carbonyl (C=O) groups is 4. The van der Waals surface area contributed by atoms with Crippen LogP contribution in [0.3, 0.4) is 0 Å². The fourth-order valence-corrected chi connectivity index (χ4v) is 4.29. The Bertz CT molecular complexity index is 1070. The van der Waals surface area contributed by atoms with E-state index in [1.54, 1.807) is 43.3 Å². The number of unbranched alkanes of at least 4 members (excludes halogenated alkanes) is 1. The lowest BCUT2D eigenvalue weighted by Gasteiger charge is -2.27. The molecule has 0 bridgehead atoms. The van der Waals surface area contributed by atoms with Crippen molar-refractivity contribution in [3.05, 3.63) is 65.7 Å². The lowest BCUT2D eigenvalue weighted by molar-refractivity contribution is -0.146. The number of hydrogen-bond donors (Lipinski definition) is 3. The lowest BCUT2D eigenvalue weighted by Crippen LogP contribution is -2.53. The number of aryl methyl sites for hydroxylation is 1. The zero-order chi connectivity index (χ0) is 25.9. The number of carboxylic acids is 1. The van der Waals surface area contributed by atoms with Gasteiger partial charge in [-0.1, -0.05) is 36.4 Å². The molecule has 1 aliphatic heterocycles. The monoisotopic (exact) mass is 531 g/mol. The summed E-state index contributed by atoms with van der Waals surface area (Å²) in [5.41, 5.74) is 2.05. The fraction of sp³-hybridized carbons (Fsp3) is 0.407. The van der Waals surface area contributed by atoms with Crippen molar-refractivity contribution in [2.45, 2.75) is 51.1 Å². The molecule has 0 spiro atoms. The average molecular weight is 532 g/mol. The molecule has 2 aromatic rings. The third-order valence-electron chi connectivity index (χ3n) is 6.06. The van der Waals surface area contributed by atoms with Crippen LogP contribution >= 0.6 is 12.4 Å². The number of hydrogen-bond acceptors (Lipinski definition) is 6. The minimum Gasteiger partial charge on any atom is -0.480 e. The number of nitrogens with one attached hydrogen (secondary N) is 2. The highest BCUT2D eigenvalue weighted by molar-refractivity contribution is 6.02. The summed E-state index contributed by atoms with van der Waals surface area (Å²) in [6, 6.07) is 14.7. The van der Waals surface area contributed by atoms with Gasteiger partial charge in [0, 0.05) is 17.8 Å². The molecule has 3 N–H and O–H groups in total. The molecule has 0 unspecified atom stereocenters. The van der Waals surface area contributed by atoms with E-state index in [0.717, 1.165) is 5.56 Å². The first-order chi connectivity index (χ1) is 17.4. The Morgan fingerprint density at radius 2 is 1.78 bits per heavy atom. The first-order valence-corrected chi connectivity index (χ1v) is 12.3. The van der Waals surface area contributed by atoms with Crippen molar-refractivity contribution < 1.29 is 29.0 Å². The van der Waals surface area contributed by atoms with Crippen LogP contribution in [0, 0.1) is 0 Å². The zero-order valence-corrected chi connectivity index (χ0v) is 21.7. The number of para-hydroxylation sites is 1. The topological polar surface area (TPSA) is 125 Å². The summed E-state index contributed by atoms with van der Waals surface area (Å²) in [5, 5.41) is 15.4. The molecule has 37 heavy (non-hydrogen) atoms. The maximum absolute atomic E-state index is 13.3. The minimum atomic E-state index is -1.11. The number of carboxylic acid groups (broad SMARTS) is 1. The van der Waals surface area contributed by atoms with Gasteiger partial charge in [0.25, 0.3) is 5.91 Å². The van der Waals surface area contributed by atoms with Crippen LogP contribution in [0.5, 0.6) is 0 Å². The maximum atomic E-state index is 13.3. The predicted octanol–water partition coefficient (Wildman–Crippen LogP) is 2.96. The van der Waals surface area contributed by atoms with Gasteiger partial charge in [0.1, 0.15) is 12.6 Å². The average Bonchev–Trinajstić information content (AvgIpc) is 3.00. The van der Waals surface area contributed by atoms with Crippen LogP contribution in [0.2, 0.25) is 0 Å². The molecule has 0 saturated carbocycles. The summed E-state index contributed by atoms with van der Waals surface area (Å²) < 4.78 is 5.23. The van der Waals surface area contributed by atoms with Gasteiger partial charge < -0.3 is 15.2 Å². The van der Waals surface area contributed by atoms with Crippen LogP contribution in [0.15, 0.2) is 54.6 Å². The smallest absolute Gasteiger partial charge is 0.323 e. The van der Waals surface area contributed by atoms with Crippen molar-refractivity contribution in [3.63, 3.8) is 0 Å². The van der Waals surface area contributed by atoms with E-state index in [2.05, 4.69) is 10.6 Å². The second-order valence-electron chi connectivity index (χ2n) is 8.63. The second kappa shape index (κ2) is 15.0. The Hall–Kier alpha value is -3.43. The van der Waals surface area contributed by atoms with Gasteiger partial charge in [-0.3, -0.25) is 29.4 Å². The summed E-state index contributed by atoms with van der Waals surface area (Å²) in [6.45, 7) is 1.92. The second-order valence-corrected chi connectivity index (χ2v) is 8.63. The molecule has 200 valence electrons. The molecule has 0 fully saturated rings. The molecular weight excluding hydrogens is 498 g/mol. The van der Waals surface area contributed by atoms with Crippen LogP contribution in [-0.4, -0.2) is 60.6 Å². The number of amides is 2. The largest absolute Gasteiger partial charge is 0.480 e. The Morgan fingerprint density at radius 3 is 2.49 bits per heavy atom. The molecule has 0 aliphatic carbocycles. The Balaban J connectivity index is 0.00000481. The number of esters is 1. The van der Waals surface area contributed by atoms with E-state index in [9.17, 15) is 24.3 Å². The first-order valence-electron chi connectivity index (χ1n) is 12.3. The summed E-state index contributed by atoms with van der Waals surface area (Å²) >= 11 is 0. The number of halogens is 1. The van der Waals surface area contributed by atoms with Gasteiger partial charge in [0.2, 0.25) is 5.91 Å². The normalized spacial score (nSPS) is 15.5. The quantitative estimate of drug-likeness (QED) is 0.284. The molecule has 0 radical (unpaired) electrons. The Kier molecular flexibility index (Phi) is 12.1. The van der Waals surface area contributed by atoms with Gasteiger partial charge in [-0.15, -0.1) is 12.4 Å². The number of rotatable bonds is 12. The molecule has 2 amide bonds. The molecule has 2 atom stereocenters. The van der Waals surface area contributed by atoms with E-state index in [1.165, 1.54) is 4.90 Å². The number of nitrogens with zero attached hydrogens (tertiary/aromatic N) is 1. The number of benzene rings is 2. The van der Waals surface area contributed by atoms with E-state index in [0.29, 0.717) is 49.9 Å². The molecule has 1 aliphatic rings. The summed E-state index contributed by atoms with van der Waals surface area (Å²) in [6.07, 6.45) is 2.67. The Labute approximate surface area is 223 Å². The van der Waals surface area contributed by atoms with E-state index in [4.69, 9.17) is 4.74 Å². The molecule has 10 heteroatoms. The molecule has 0 aromatic heterocycles. The molecule has 1 heterocycles. The van der Waals surface area contributed by atoms with E-state index in [1.807, 2.05) is 18.2 Å². The van der Waals surface area contributed by atoms with Crippen molar-refractivity contribution in [1.82, 2.24) is 10.6 Å². The molecule has 2 aromatic carbocycles. The maximum Gasteiger partial charge on any atom is 0.323 e. The number of aliphatic carboxylic acids is 1. The van der Waals surface area contributed by atoms with Crippen molar-refractivity contribution in [2.24, 2.45) is 0 Å². The fourth-order valence-electron chi connectivity index (χ4n) is 4.29. The molecule has 0 saturated heterocycles. The summed E-state index contributed by atoms with van der Waals surface area (Å²) in [7, 11) is 0. The van der Waals surface area contributed by atoms with E-state index < -0.39 is 30.6 Å². The number of carbonyl (C=O) groups excluding carboxylic acids is 3. The third-order valence-corrected chi connectivity index (χ3v) is 6.06. The molecule has 3 rings (SSSR count). The van der Waals surface area contributed by atoms with Crippen molar-refractivity contribution in [2.75, 3.05) is 24.6 Å². The zero-order valence-electron chi connectivity index (χ0n) is 20.9. The highest BCUT2D eigenvalue weighted by atomic mass is 35.5. The van der Waals surface area contributed by atoms with E-state index >= 15 is 0 Å². The van der Waals surface area contributed by atoms with Gasteiger partial charge in [0.15, 0.2) is 0 Å². The lowest BCUT2D eigenvalue weighted by atomic mass is 10.0. The van der Waals surface area contributed by atoms with Gasteiger partial charge in [-0.2, -0.15) is 0 Å². The van der Waals surface area contributed by atoms with Gasteiger partial charge in [-0.05, 0) is 62.8 Å². The van der Waals surface area contributed by atoms with Crippen LogP contribution < -0.4 is 15.5 Å². The van der Waals surface area contributed by atoms with Crippen molar-refractivity contribution in [1.29, 1.82) is 0 Å². The van der Waals surface area contributed by atoms with Crippen LogP contribution in [0.1, 0.15) is 48.5 Å². The van der Waals surface area contributed by atoms with Crippen molar-refractivity contribution in [3.8, 4) is 0 Å². The summed E-state index contributed by atoms with van der Waals surface area (Å²) in [5.74, 6) is -2.10. The summed E-state index contributed by atoms with van der Waals surface area (Å²) in [4.78, 5) is 51.0. The van der Waals surface area contributed by atoms with Gasteiger partial charge >= 0.3 is 11.9 Å². The third kappa shape index (κ3) is 8.58. The highest BCUT2D eigenvalue weighted by Gasteiger charge is 2.34. The Morgan fingerprint density at radius 1 is 1.08 bits per heavy atom.